The van der Waals surface area contributed by atoms with Gasteiger partial charge in [-0.3, -0.25) is 0 Å². The molecule has 1 saturated heterocycles. The van der Waals surface area contributed by atoms with E-state index in [0.717, 1.165) is 55.5 Å². The minimum absolute atomic E-state index is 0.247. The van der Waals surface area contributed by atoms with Gasteiger partial charge in [0.1, 0.15) is 0 Å². The van der Waals surface area contributed by atoms with Crippen LogP contribution in [0.25, 0.3) is 0 Å². The molecule has 1 aromatic carbocycles. The minimum Gasteiger partial charge on any atom is -0.493 e. The highest BCUT2D eigenvalue weighted by Gasteiger charge is 2.23. The van der Waals surface area contributed by atoms with Gasteiger partial charge in [-0.15, -0.1) is 0 Å². The number of anilines is 1. The van der Waals surface area contributed by atoms with Crippen LogP contribution in [-0.4, -0.2) is 43.0 Å². The van der Waals surface area contributed by atoms with E-state index in [1.54, 1.807) is 19.5 Å². The second-order valence-corrected chi connectivity index (χ2v) is 6.25. The van der Waals surface area contributed by atoms with Crippen LogP contribution < -0.4 is 24.4 Å². The Balaban J connectivity index is 1.40. The monoisotopic (exact) mass is 342 g/mol. The van der Waals surface area contributed by atoms with Crippen molar-refractivity contribution in [1.82, 2.24) is 15.3 Å². The quantitative estimate of drug-likeness (QED) is 0.891. The molecule has 4 rings (SSSR count). The standard InChI is InChI=1S/C18H22N4O3/c1-23-15-8-13(9-16-17(15)25-12-24-16)10-21-14-4-2-7-22(11-14)18-19-5-3-6-20-18/h3,5-6,8-9,14,21H,2,4,7,10-12H2,1H3/t14-/m0/s1. The molecule has 1 N–H and O–H groups in total. The van der Waals surface area contributed by atoms with Crippen LogP contribution in [-0.2, 0) is 6.54 Å². The summed E-state index contributed by atoms with van der Waals surface area (Å²) in [6, 6.07) is 6.25. The van der Waals surface area contributed by atoms with Gasteiger partial charge in [0.05, 0.1) is 7.11 Å². The van der Waals surface area contributed by atoms with E-state index in [1.807, 2.05) is 18.2 Å². The van der Waals surface area contributed by atoms with Crippen molar-refractivity contribution in [2.75, 3.05) is 31.9 Å². The molecule has 2 aliphatic rings. The van der Waals surface area contributed by atoms with Gasteiger partial charge >= 0.3 is 0 Å². The number of fused-ring (bicyclic) bond motifs is 1. The van der Waals surface area contributed by atoms with Crippen molar-refractivity contribution >= 4 is 5.95 Å². The summed E-state index contributed by atoms with van der Waals surface area (Å²) in [6.07, 6.45) is 5.85. The lowest BCUT2D eigenvalue weighted by Crippen LogP contribution is -2.46. The summed E-state index contributed by atoms with van der Waals surface area (Å²) in [5.74, 6) is 2.96. The molecule has 132 valence electrons. The number of rotatable bonds is 5. The van der Waals surface area contributed by atoms with Gasteiger partial charge in [-0.2, -0.15) is 0 Å². The molecule has 0 radical (unpaired) electrons. The number of benzene rings is 1. The Morgan fingerprint density at radius 1 is 1.28 bits per heavy atom. The Morgan fingerprint density at radius 2 is 2.16 bits per heavy atom. The summed E-state index contributed by atoms with van der Waals surface area (Å²) in [4.78, 5) is 11.0. The van der Waals surface area contributed by atoms with Crippen LogP contribution in [0, 0.1) is 0 Å². The third-order valence-corrected chi connectivity index (χ3v) is 4.57. The van der Waals surface area contributed by atoms with Crippen LogP contribution in [0.15, 0.2) is 30.6 Å². The highest BCUT2D eigenvalue weighted by Crippen LogP contribution is 2.41. The summed E-state index contributed by atoms with van der Waals surface area (Å²) in [5, 5.41) is 3.63. The van der Waals surface area contributed by atoms with Crippen LogP contribution in [0.2, 0.25) is 0 Å². The number of aromatic nitrogens is 2. The first-order valence-corrected chi connectivity index (χ1v) is 8.55. The van der Waals surface area contributed by atoms with Gasteiger partial charge in [-0.25, -0.2) is 9.97 Å². The first kappa shape index (κ1) is 16.0. The number of nitrogens with one attached hydrogen (secondary N) is 1. The van der Waals surface area contributed by atoms with Gasteiger partial charge in [0.15, 0.2) is 11.5 Å². The predicted octanol–water partition coefficient (Wildman–Crippen LogP) is 1.97. The summed E-state index contributed by atoms with van der Waals surface area (Å²) >= 11 is 0. The number of nitrogens with zero attached hydrogens (tertiary/aromatic N) is 3. The average molecular weight is 342 g/mol. The van der Waals surface area contributed by atoms with E-state index in [1.165, 1.54) is 0 Å². The van der Waals surface area contributed by atoms with Crippen LogP contribution in [0.3, 0.4) is 0 Å². The average Bonchev–Trinajstić information content (AvgIpc) is 3.15. The Morgan fingerprint density at radius 3 is 3.00 bits per heavy atom. The topological polar surface area (TPSA) is 68.7 Å². The zero-order valence-corrected chi connectivity index (χ0v) is 14.3. The van der Waals surface area contributed by atoms with Crippen molar-refractivity contribution in [2.24, 2.45) is 0 Å². The Hall–Kier alpha value is -2.54. The van der Waals surface area contributed by atoms with Crippen molar-refractivity contribution in [1.29, 1.82) is 0 Å². The molecule has 0 aliphatic carbocycles. The van der Waals surface area contributed by atoms with Gasteiger partial charge in [0, 0.05) is 38.1 Å². The second kappa shape index (κ2) is 7.14. The lowest BCUT2D eigenvalue weighted by atomic mass is 10.1. The maximum absolute atomic E-state index is 5.49. The normalized spacial score (nSPS) is 19.1. The number of methoxy groups -OCH3 is 1. The van der Waals surface area contributed by atoms with Crippen molar-refractivity contribution in [3.63, 3.8) is 0 Å². The first-order valence-electron chi connectivity index (χ1n) is 8.55. The lowest BCUT2D eigenvalue weighted by Gasteiger charge is -2.33. The van der Waals surface area contributed by atoms with Gasteiger partial charge < -0.3 is 24.4 Å². The van der Waals surface area contributed by atoms with Crippen molar-refractivity contribution < 1.29 is 14.2 Å². The molecule has 2 aliphatic heterocycles. The maximum Gasteiger partial charge on any atom is 0.231 e. The molecular formula is C18H22N4O3. The molecule has 25 heavy (non-hydrogen) atoms. The first-order chi connectivity index (χ1) is 12.3. The molecule has 7 heteroatoms. The fourth-order valence-corrected chi connectivity index (χ4v) is 3.33. The fraction of sp³-hybridized carbons (Fsp3) is 0.444. The second-order valence-electron chi connectivity index (χ2n) is 6.25. The maximum atomic E-state index is 5.49. The molecule has 0 spiro atoms. The summed E-state index contributed by atoms with van der Waals surface area (Å²) in [5.41, 5.74) is 1.12. The zero-order chi connectivity index (χ0) is 17.1. The molecule has 0 unspecified atom stereocenters. The van der Waals surface area contributed by atoms with E-state index < -0.39 is 0 Å². The summed E-state index contributed by atoms with van der Waals surface area (Å²) < 4.78 is 16.3. The van der Waals surface area contributed by atoms with E-state index in [0.29, 0.717) is 11.8 Å². The molecule has 1 fully saturated rings. The van der Waals surface area contributed by atoms with Crippen LogP contribution in [0.5, 0.6) is 17.2 Å². The molecule has 7 nitrogen and oxygen atoms in total. The fourth-order valence-electron chi connectivity index (χ4n) is 3.33. The third kappa shape index (κ3) is 3.46. The van der Waals surface area contributed by atoms with Gasteiger partial charge in [0.25, 0.3) is 0 Å². The van der Waals surface area contributed by atoms with Crippen LogP contribution >= 0.6 is 0 Å². The molecule has 0 amide bonds. The molecule has 3 heterocycles. The summed E-state index contributed by atoms with van der Waals surface area (Å²) in [6.45, 7) is 2.91. The van der Waals surface area contributed by atoms with Crippen molar-refractivity contribution in [3.8, 4) is 17.2 Å². The van der Waals surface area contributed by atoms with E-state index in [4.69, 9.17) is 14.2 Å². The van der Waals surface area contributed by atoms with Crippen molar-refractivity contribution in [3.05, 3.63) is 36.2 Å². The molecule has 0 saturated carbocycles. The van der Waals surface area contributed by atoms with E-state index >= 15 is 0 Å². The Bertz CT molecular complexity index is 726. The zero-order valence-electron chi connectivity index (χ0n) is 14.3. The van der Waals surface area contributed by atoms with Gasteiger partial charge in [-0.1, -0.05) is 0 Å². The Labute approximate surface area is 146 Å². The number of piperidine rings is 1. The molecule has 1 atom stereocenters. The predicted molar refractivity (Wildman–Crippen MR) is 93.2 cm³/mol. The van der Waals surface area contributed by atoms with Crippen LogP contribution in [0.4, 0.5) is 5.95 Å². The SMILES string of the molecule is COc1cc(CN[C@H]2CCCN(c3ncccn3)C2)cc2c1OCO2. The highest BCUT2D eigenvalue weighted by molar-refractivity contribution is 5.55. The van der Waals surface area contributed by atoms with Gasteiger partial charge in [-0.05, 0) is 36.6 Å². The molecular weight excluding hydrogens is 320 g/mol. The van der Waals surface area contributed by atoms with Crippen LogP contribution in [0.1, 0.15) is 18.4 Å². The number of ether oxygens (including phenoxy) is 3. The van der Waals surface area contributed by atoms with E-state index in [9.17, 15) is 0 Å². The smallest absolute Gasteiger partial charge is 0.231 e. The summed E-state index contributed by atoms with van der Waals surface area (Å²) in [7, 11) is 1.65. The molecule has 0 bridgehead atoms. The number of hydrogen-bond acceptors (Lipinski definition) is 7. The number of hydrogen-bond donors (Lipinski definition) is 1. The third-order valence-electron chi connectivity index (χ3n) is 4.57. The largest absolute Gasteiger partial charge is 0.493 e. The van der Waals surface area contributed by atoms with E-state index in [2.05, 4.69) is 20.2 Å². The lowest BCUT2D eigenvalue weighted by molar-refractivity contribution is 0.171. The minimum atomic E-state index is 0.247. The van der Waals surface area contributed by atoms with E-state index in [-0.39, 0.29) is 6.79 Å². The van der Waals surface area contributed by atoms with Gasteiger partial charge in [0.2, 0.25) is 18.5 Å². The molecule has 2 aromatic rings. The Kier molecular flexibility index (Phi) is 4.56. The highest BCUT2D eigenvalue weighted by atomic mass is 16.7. The van der Waals surface area contributed by atoms with Crippen molar-refractivity contribution in [2.45, 2.75) is 25.4 Å². The molecule has 1 aromatic heterocycles.